The van der Waals surface area contributed by atoms with E-state index >= 15 is 0 Å². The molecule has 0 aromatic carbocycles. The first-order chi connectivity index (χ1) is 12.1. The smallest absolute Gasteiger partial charge is 0.250 e. The van der Waals surface area contributed by atoms with E-state index in [0.29, 0.717) is 19.5 Å². The van der Waals surface area contributed by atoms with Gasteiger partial charge in [0, 0.05) is 55.6 Å². The average molecular weight is 408 g/mol. The van der Waals surface area contributed by atoms with Gasteiger partial charge in [-0.1, -0.05) is 6.42 Å². The van der Waals surface area contributed by atoms with Gasteiger partial charge in [-0.25, -0.2) is 0 Å². The van der Waals surface area contributed by atoms with Crippen molar-refractivity contribution in [1.29, 1.82) is 0 Å². The number of hydrogen-bond acceptors (Lipinski definition) is 4. The molecule has 0 saturated heterocycles. The van der Waals surface area contributed by atoms with Crippen molar-refractivity contribution in [2.75, 3.05) is 6.54 Å². The number of rotatable bonds is 6. The van der Waals surface area contributed by atoms with Gasteiger partial charge in [-0.05, 0) is 34.8 Å². The Morgan fingerprint density at radius 1 is 1.24 bits per heavy atom. The molecule has 0 saturated carbocycles. The average Bonchev–Trinajstić information content (AvgIpc) is 2.83. The summed E-state index contributed by atoms with van der Waals surface area (Å²) in [7, 11) is 0. The molecular weight excluding hydrogens is 386 g/mol. The van der Waals surface area contributed by atoms with E-state index in [1.165, 1.54) is 23.5 Å². The number of carbonyl (C=O) groups is 1. The Labute approximate surface area is 154 Å². The van der Waals surface area contributed by atoms with E-state index in [1.54, 1.807) is 12.3 Å². The summed E-state index contributed by atoms with van der Waals surface area (Å²) in [5.74, 6) is 1.94. The fraction of sp³-hybridized carbons (Fsp3) is 0.529. The Balaban J connectivity index is 1.46. The van der Waals surface area contributed by atoms with Crippen LogP contribution in [0.5, 0.6) is 0 Å². The number of aryl methyl sites for hydroxylation is 2. The summed E-state index contributed by atoms with van der Waals surface area (Å²) in [4.78, 5) is 23.7. The molecule has 8 heteroatoms. The topological polar surface area (TPSA) is 81.8 Å². The summed E-state index contributed by atoms with van der Waals surface area (Å²) < 4.78 is 4.54. The van der Waals surface area contributed by atoms with Crippen molar-refractivity contribution in [1.82, 2.24) is 24.6 Å². The fourth-order valence-corrected chi connectivity index (χ4v) is 3.41. The molecule has 1 aliphatic rings. The molecule has 3 rings (SSSR count). The minimum atomic E-state index is -0.109. The number of nitrogens with zero attached hydrogens (tertiary/aromatic N) is 4. The highest BCUT2D eigenvalue weighted by molar-refractivity contribution is 9.10. The van der Waals surface area contributed by atoms with E-state index in [4.69, 9.17) is 0 Å². The third-order valence-corrected chi connectivity index (χ3v) is 4.85. The predicted molar refractivity (Wildman–Crippen MR) is 97.3 cm³/mol. The first-order valence-electron chi connectivity index (χ1n) is 8.67. The molecule has 0 aliphatic carbocycles. The Morgan fingerprint density at radius 2 is 2.12 bits per heavy atom. The third kappa shape index (κ3) is 4.78. The first kappa shape index (κ1) is 17.8. The number of nitrogens with one attached hydrogen (secondary N) is 1. The molecule has 1 amide bonds. The number of hydrogen-bond donors (Lipinski definition) is 1. The number of aromatic nitrogens is 4. The van der Waals surface area contributed by atoms with Crippen molar-refractivity contribution in [2.45, 2.75) is 51.6 Å². The lowest BCUT2D eigenvalue weighted by Crippen LogP contribution is -2.29. The zero-order chi connectivity index (χ0) is 17.6. The van der Waals surface area contributed by atoms with Gasteiger partial charge < -0.3 is 14.5 Å². The molecule has 7 nitrogen and oxygen atoms in total. The fourth-order valence-electron chi connectivity index (χ4n) is 3.03. The normalized spacial score (nSPS) is 14.0. The molecule has 25 heavy (non-hydrogen) atoms. The monoisotopic (exact) mass is 407 g/mol. The highest BCUT2D eigenvalue weighted by Crippen LogP contribution is 2.14. The SMILES string of the molecule is O=C(CCn1cc(Br)ccc1=O)NCCc1nnc2n1CCCCC2. The molecule has 0 spiro atoms. The van der Waals surface area contributed by atoms with Gasteiger partial charge in [0.25, 0.3) is 5.56 Å². The van der Waals surface area contributed by atoms with Crippen LogP contribution in [0.4, 0.5) is 0 Å². The van der Waals surface area contributed by atoms with Gasteiger partial charge in [-0.2, -0.15) is 0 Å². The highest BCUT2D eigenvalue weighted by Gasteiger charge is 2.14. The predicted octanol–water partition coefficient (Wildman–Crippen LogP) is 1.68. The van der Waals surface area contributed by atoms with Crippen LogP contribution in [0.3, 0.4) is 0 Å². The van der Waals surface area contributed by atoms with E-state index in [0.717, 1.165) is 35.5 Å². The van der Waals surface area contributed by atoms with E-state index in [2.05, 4.69) is 36.0 Å². The highest BCUT2D eigenvalue weighted by atomic mass is 79.9. The van der Waals surface area contributed by atoms with Crippen molar-refractivity contribution in [3.8, 4) is 0 Å². The van der Waals surface area contributed by atoms with Gasteiger partial charge in [0.1, 0.15) is 11.6 Å². The summed E-state index contributed by atoms with van der Waals surface area (Å²) in [6, 6.07) is 3.18. The Kier molecular flexibility index (Phi) is 6.01. The van der Waals surface area contributed by atoms with Crippen molar-refractivity contribution < 1.29 is 4.79 Å². The standard InChI is InChI=1S/C17H22BrN5O2/c18-13-5-6-17(25)22(12-13)11-8-16(24)19-9-7-15-21-20-14-4-2-1-3-10-23(14)15/h5-6,12H,1-4,7-11H2,(H,19,24). The second-order valence-corrected chi connectivity index (χ2v) is 7.14. The van der Waals surface area contributed by atoms with Crippen LogP contribution >= 0.6 is 15.9 Å². The van der Waals surface area contributed by atoms with Gasteiger partial charge in [0.05, 0.1) is 0 Å². The quantitative estimate of drug-likeness (QED) is 0.789. The number of carbonyl (C=O) groups excluding carboxylic acids is 1. The third-order valence-electron chi connectivity index (χ3n) is 4.38. The van der Waals surface area contributed by atoms with Gasteiger partial charge in [0.15, 0.2) is 0 Å². The maximum atomic E-state index is 12.0. The molecule has 3 heterocycles. The second-order valence-electron chi connectivity index (χ2n) is 6.22. The Morgan fingerprint density at radius 3 is 3.00 bits per heavy atom. The number of fused-ring (bicyclic) bond motifs is 1. The van der Waals surface area contributed by atoms with E-state index in [9.17, 15) is 9.59 Å². The van der Waals surface area contributed by atoms with Crippen LogP contribution in [-0.2, 0) is 30.7 Å². The van der Waals surface area contributed by atoms with Crippen LogP contribution < -0.4 is 10.9 Å². The lowest BCUT2D eigenvalue weighted by atomic mass is 10.2. The molecule has 0 fully saturated rings. The number of pyridine rings is 1. The molecule has 1 aliphatic heterocycles. The summed E-state index contributed by atoms with van der Waals surface area (Å²) in [5, 5.41) is 11.4. The lowest BCUT2D eigenvalue weighted by Gasteiger charge is -2.09. The van der Waals surface area contributed by atoms with Crippen LogP contribution in [0.25, 0.3) is 0 Å². The van der Waals surface area contributed by atoms with Crippen molar-refractivity contribution in [3.63, 3.8) is 0 Å². The molecular formula is C17H22BrN5O2. The van der Waals surface area contributed by atoms with Gasteiger partial charge in [-0.15, -0.1) is 10.2 Å². The zero-order valence-electron chi connectivity index (χ0n) is 14.1. The van der Waals surface area contributed by atoms with Gasteiger partial charge in [0.2, 0.25) is 5.91 Å². The van der Waals surface area contributed by atoms with Crippen molar-refractivity contribution >= 4 is 21.8 Å². The van der Waals surface area contributed by atoms with Crippen LogP contribution in [0, 0.1) is 0 Å². The van der Waals surface area contributed by atoms with Gasteiger partial charge in [-0.3, -0.25) is 9.59 Å². The lowest BCUT2D eigenvalue weighted by molar-refractivity contribution is -0.121. The number of halogens is 1. The number of amides is 1. The van der Waals surface area contributed by atoms with E-state index < -0.39 is 0 Å². The van der Waals surface area contributed by atoms with E-state index in [-0.39, 0.29) is 17.9 Å². The molecule has 0 atom stereocenters. The summed E-state index contributed by atoms with van der Waals surface area (Å²) in [6.07, 6.45) is 7.19. The zero-order valence-corrected chi connectivity index (χ0v) is 15.7. The van der Waals surface area contributed by atoms with E-state index in [1.807, 2.05) is 0 Å². The van der Waals surface area contributed by atoms with Crippen LogP contribution in [-0.4, -0.2) is 31.8 Å². The van der Waals surface area contributed by atoms with Crippen molar-refractivity contribution in [3.05, 3.63) is 44.8 Å². The van der Waals surface area contributed by atoms with Crippen LogP contribution in [0.2, 0.25) is 0 Å². The minimum Gasteiger partial charge on any atom is -0.356 e. The van der Waals surface area contributed by atoms with Crippen LogP contribution in [0.15, 0.2) is 27.6 Å². The summed E-state index contributed by atoms with van der Waals surface area (Å²) in [5.41, 5.74) is -0.109. The molecule has 0 bridgehead atoms. The first-order valence-corrected chi connectivity index (χ1v) is 9.46. The molecule has 134 valence electrons. The summed E-state index contributed by atoms with van der Waals surface area (Å²) in [6.45, 7) is 1.87. The summed E-state index contributed by atoms with van der Waals surface area (Å²) >= 11 is 3.33. The van der Waals surface area contributed by atoms with Crippen LogP contribution in [0.1, 0.15) is 37.3 Å². The Hall–Kier alpha value is -1.96. The molecule has 0 unspecified atom stereocenters. The van der Waals surface area contributed by atoms with Gasteiger partial charge >= 0.3 is 0 Å². The Bertz CT molecular complexity index is 799. The van der Waals surface area contributed by atoms with Crippen molar-refractivity contribution in [2.24, 2.45) is 0 Å². The molecule has 1 N–H and O–H groups in total. The molecule has 2 aromatic rings. The maximum absolute atomic E-state index is 12.0. The molecule has 2 aromatic heterocycles. The second kappa shape index (κ2) is 8.42. The maximum Gasteiger partial charge on any atom is 0.250 e. The molecule has 0 radical (unpaired) electrons. The minimum absolute atomic E-state index is 0.0671. The largest absolute Gasteiger partial charge is 0.356 e.